The van der Waals surface area contributed by atoms with Gasteiger partial charge in [-0.1, -0.05) is 35.9 Å². The molecule has 0 fully saturated rings. The van der Waals surface area contributed by atoms with E-state index in [4.69, 9.17) is 15.0 Å². The second-order valence-corrected chi connectivity index (χ2v) is 9.95. The van der Waals surface area contributed by atoms with Gasteiger partial charge >= 0.3 is 6.09 Å². The van der Waals surface area contributed by atoms with Gasteiger partial charge in [0.1, 0.15) is 17.4 Å². The number of aliphatic hydroxyl groups is 1. The molecule has 2 amide bonds. The Hall–Kier alpha value is -3.11. The molecular weight excluding hydrogens is 456 g/mol. The number of aliphatic hydroxyl groups excluding tert-OH is 1. The maximum atomic E-state index is 12.7. The number of anilines is 2. The number of rotatable bonds is 7. The highest BCUT2D eigenvalue weighted by molar-refractivity contribution is 7.17. The van der Waals surface area contributed by atoms with Crippen molar-refractivity contribution in [2.75, 3.05) is 11.1 Å². The van der Waals surface area contributed by atoms with E-state index < -0.39 is 12.2 Å². The highest BCUT2D eigenvalue weighted by Crippen LogP contribution is 2.41. The monoisotopic (exact) mass is 486 g/mol. The Morgan fingerprint density at radius 3 is 2.97 bits per heavy atom. The standard InChI is InChI=1S/C24H30N4O5S/c1-13(15-4-3-5-17(29)9-15)8-21(30)27-23-22(25)19-7-6-18(10-20(19)34-23)33-24(31)26-11-16-12-32-28-14(16)2/h3-5,12-13,17-18,29H,6-11,25H2,1-2H3,(H,26,31)(H,27,30). The smallest absolute Gasteiger partial charge is 0.407 e. The first-order chi connectivity index (χ1) is 16.3. The summed E-state index contributed by atoms with van der Waals surface area (Å²) in [4.78, 5) is 25.9. The third-order valence-electron chi connectivity index (χ3n) is 6.27. The van der Waals surface area contributed by atoms with Gasteiger partial charge in [-0.05, 0) is 37.7 Å². The molecule has 0 aromatic carbocycles. The van der Waals surface area contributed by atoms with Crippen molar-refractivity contribution in [1.29, 1.82) is 0 Å². The zero-order chi connectivity index (χ0) is 24.2. The summed E-state index contributed by atoms with van der Waals surface area (Å²) in [7, 11) is 0. The minimum absolute atomic E-state index is 0.0216. The van der Waals surface area contributed by atoms with Crippen LogP contribution < -0.4 is 16.4 Å². The molecule has 34 heavy (non-hydrogen) atoms. The molecule has 10 heteroatoms. The predicted molar refractivity (Wildman–Crippen MR) is 129 cm³/mol. The number of nitrogens with one attached hydrogen (secondary N) is 2. The Labute approximate surface area is 202 Å². The van der Waals surface area contributed by atoms with E-state index in [1.54, 1.807) is 6.08 Å². The van der Waals surface area contributed by atoms with Gasteiger partial charge in [0.25, 0.3) is 0 Å². The molecule has 0 saturated carbocycles. The molecule has 2 aromatic heterocycles. The number of carbonyl (C=O) groups excluding carboxylic acids is 2. The third kappa shape index (κ3) is 5.68. The van der Waals surface area contributed by atoms with Gasteiger partial charge in [-0.25, -0.2) is 4.79 Å². The van der Waals surface area contributed by atoms with Crippen LogP contribution in [0.4, 0.5) is 15.5 Å². The molecule has 2 aliphatic carbocycles. The molecular formula is C24H30N4O5S. The molecule has 182 valence electrons. The van der Waals surface area contributed by atoms with Crippen molar-refractivity contribution in [1.82, 2.24) is 10.5 Å². The van der Waals surface area contributed by atoms with E-state index in [9.17, 15) is 14.7 Å². The predicted octanol–water partition coefficient (Wildman–Crippen LogP) is 3.62. The number of carbonyl (C=O) groups is 2. The lowest BCUT2D eigenvalue weighted by molar-refractivity contribution is -0.116. The van der Waals surface area contributed by atoms with Crippen LogP contribution in [0.5, 0.6) is 0 Å². The average molecular weight is 487 g/mol. The highest BCUT2D eigenvalue weighted by Gasteiger charge is 2.28. The molecule has 2 heterocycles. The molecule has 0 aliphatic heterocycles. The van der Waals surface area contributed by atoms with E-state index in [0.29, 0.717) is 49.3 Å². The van der Waals surface area contributed by atoms with Crippen LogP contribution in [0.3, 0.4) is 0 Å². The third-order valence-corrected chi connectivity index (χ3v) is 7.46. The molecule has 5 N–H and O–H groups in total. The molecule has 0 bridgehead atoms. The lowest BCUT2D eigenvalue weighted by atomic mass is 9.89. The summed E-state index contributed by atoms with van der Waals surface area (Å²) >= 11 is 1.44. The highest BCUT2D eigenvalue weighted by atomic mass is 32.1. The fourth-order valence-corrected chi connectivity index (χ4v) is 5.50. The van der Waals surface area contributed by atoms with Crippen molar-refractivity contribution >= 4 is 34.0 Å². The number of fused-ring (bicyclic) bond motifs is 1. The normalized spacial score (nSPS) is 20.3. The van der Waals surface area contributed by atoms with Crippen molar-refractivity contribution in [2.24, 2.45) is 5.92 Å². The number of alkyl carbamates (subject to hydrolysis) is 1. The number of aryl methyl sites for hydroxylation is 1. The summed E-state index contributed by atoms with van der Waals surface area (Å²) in [5.41, 5.74) is 10.5. The Bertz CT molecular complexity index is 1120. The second kappa shape index (κ2) is 10.4. The number of allylic oxidation sites excluding steroid dienone is 2. The van der Waals surface area contributed by atoms with Gasteiger partial charge in [0.2, 0.25) is 5.91 Å². The van der Waals surface area contributed by atoms with E-state index in [-0.39, 0.29) is 17.9 Å². The van der Waals surface area contributed by atoms with Crippen molar-refractivity contribution < 1.29 is 24.0 Å². The Kier molecular flexibility index (Phi) is 7.38. The Balaban J connectivity index is 1.30. The second-order valence-electron chi connectivity index (χ2n) is 8.85. The van der Waals surface area contributed by atoms with E-state index in [1.165, 1.54) is 17.6 Å². The fourth-order valence-electron chi connectivity index (χ4n) is 4.25. The van der Waals surface area contributed by atoms with Gasteiger partial charge in [-0.15, -0.1) is 11.3 Å². The van der Waals surface area contributed by atoms with Crippen LogP contribution in [-0.2, 0) is 28.9 Å². The van der Waals surface area contributed by atoms with Crippen LogP contribution in [-0.4, -0.2) is 34.5 Å². The van der Waals surface area contributed by atoms with E-state index in [1.807, 2.05) is 26.0 Å². The summed E-state index contributed by atoms with van der Waals surface area (Å²) < 4.78 is 10.5. The average Bonchev–Trinajstić information content (AvgIpc) is 3.34. The SMILES string of the molecule is Cc1nocc1CNC(=O)OC1CCc2c(sc(NC(=O)CC(C)C3=CC=CC(O)C3)c2N)C1. The number of aromatic nitrogens is 1. The number of nitrogens with zero attached hydrogens (tertiary/aromatic N) is 1. The lowest BCUT2D eigenvalue weighted by Gasteiger charge is -2.22. The topological polar surface area (TPSA) is 140 Å². The molecule has 0 radical (unpaired) electrons. The van der Waals surface area contributed by atoms with Crippen LogP contribution in [0.2, 0.25) is 0 Å². The van der Waals surface area contributed by atoms with Crippen LogP contribution in [0.15, 0.2) is 34.6 Å². The zero-order valence-electron chi connectivity index (χ0n) is 19.3. The minimum Gasteiger partial charge on any atom is -0.446 e. The van der Waals surface area contributed by atoms with E-state index >= 15 is 0 Å². The molecule has 2 aliphatic rings. The number of thiophene rings is 1. The zero-order valence-corrected chi connectivity index (χ0v) is 20.1. The number of hydrogen-bond acceptors (Lipinski definition) is 8. The minimum atomic E-state index is -0.491. The fraction of sp³-hybridized carbons (Fsp3) is 0.458. The first-order valence-corrected chi connectivity index (χ1v) is 12.2. The van der Waals surface area contributed by atoms with Gasteiger partial charge in [0.05, 0.1) is 24.0 Å². The molecule has 0 saturated heterocycles. The van der Waals surface area contributed by atoms with Crippen LogP contribution in [0, 0.1) is 12.8 Å². The maximum absolute atomic E-state index is 12.7. The first kappa shape index (κ1) is 24.0. The summed E-state index contributed by atoms with van der Waals surface area (Å²) in [5.74, 6) is -0.0905. The summed E-state index contributed by atoms with van der Waals surface area (Å²) in [6.07, 6.45) is 8.58. The van der Waals surface area contributed by atoms with Gasteiger partial charge in [-0.2, -0.15) is 0 Å². The van der Waals surface area contributed by atoms with E-state index in [0.717, 1.165) is 27.3 Å². The van der Waals surface area contributed by atoms with Crippen LogP contribution >= 0.6 is 11.3 Å². The molecule has 9 nitrogen and oxygen atoms in total. The number of nitrogens with two attached hydrogens (primary N) is 1. The number of amides is 2. The molecule has 3 atom stereocenters. The molecule has 4 rings (SSSR count). The van der Waals surface area contributed by atoms with Gasteiger partial charge in [0, 0.05) is 23.3 Å². The first-order valence-electron chi connectivity index (χ1n) is 11.4. The summed E-state index contributed by atoms with van der Waals surface area (Å²) in [6.45, 7) is 4.08. The largest absolute Gasteiger partial charge is 0.446 e. The number of ether oxygens (including phenoxy) is 1. The quantitative estimate of drug-likeness (QED) is 0.469. The van der Waals surface area contributed by atoms with Crippen molar-refractivity contribution in [3.63, 3.8) is 0 Å². The molecule has 0 spiro atoms. The van der Waals surface area contributed by atoms with Gasteiger partial charge in [0.15, 0.2) is 0 Å². The maximum Gasteiger partial charge on any atom is 0.407 e. The van der Waals surface area contributed by atoms with Crippen molar-refractivity contribution in [2.45, 2.75) is 64.7 Å². The molecule has 3 unspecified atom stereocenters. The van der Waals surface area contributed by atoms with Crippen molar-refractivity contribution in [3.8, 4) is 0 Å². The van der Waals surface area contributed by atoms with Crippen molar-refractivity contribution in [3.05, 3.63) is 51.8 Å². The molecule has 2 aromatic rings. The number of hydrogen-bond donors (Lipinski definition) is 4. The van der Waals surface area contributed by atoms with Gasteiger partial charge in [-0.3, -0.25) is 4.79 Å². The van der Waals surface area contributed by atoms with E-state index in [2.05, 4.69) is 15.8 Å². The lowest BCUT2D eigenvalue weighted by Crippen LogP contribution is -2.31. The summed E-state index contributed by atoms with van der Waals surface area (Å²) in [5, 5.41) is 19.9. The van der Waals surface area contributed by atoms with Gasteiger partial charge < -0.3 is 30.7 Å². The van der Waals surface area contributed by atoms with Crippen LogP contribution in [0.25, 0.3) is 0 Å². The van der Waals surface area contributed by atoms with Crippen LogP contribution in [0.1, 0.15) is 47.9 Å². The summed E-state index contributed by atoms with van der Waals surface area (Å²) in [6, 6.07) is 0. The Morgan fingerprint density at radius 2 is 2.24 bits per heavy atom. The number of nitrogen functional groups attached to an aromatic ring is 1. The Morgan fingerprint density at radius 1 is 1.41 bits per heavy atom.